The Morgan fingerprint density at radius 2 is 1.57 bits per heavy atom. The number of para-hydroxylation sites is 1. The second kappa shape index (κ2) is 9.80. The maximum atomic E-state index is 12.5. The van der Waals surface area contributed by atoms with Crippen LogP contribution in [0.5, 0.6) is 0 Å². The fraction of sp³-hybridized carbons (Fsp3) is 0.222. The Kier molecular flexibility index (Phi) is 8.22. The first kappa shape index (κ1) is 23.5. The van der Waals surface area contributed by atoms with E-state index in [9.17, 15) is 14.7 Å². The number of esters is 1. The Morgan fingerprint density at radius 1 is 1.00 bits per heavy atom. The van der Waals surface area contributed by atoms with Gasteiger partial charge in [-0.05, 0) is 17.7 Å². The van der Waals surface area contributed by atoms with Crippen molar-refractivity contribution in [3.63, 3.8) is 0 Å². The van der Waals surface area contributed by atoms with Crippen molar-refractivity contribution < 1.29 is 19.4 Å². The summed E-state index contributed by atoms with van der Waals surface area (Å²) in [5, 5.41) is 13.0. The molecule has 2 aromatic carbocycles. The van der Waals surface area contributed by atoms with Crippen LogP contribution in [0.4, 0.5) is 5.69 Å². The van der Waals surface area contributed by atoms with Crippen LogP contribution in [-0.2, 0) is 20.7 Å². The lowest BCUT2D eigenvalue weighted by Gasteiger charge is -2.34. The number of nitrogens with one attached hydrogen (secondary N) is 1. The molecule has 0 amide bonds. The number of carbonyl (C=O) groups is 2. The lowest BCUT2D eigenvalue weighted by atomic mass is 10.1. The minimum Gasteiger partial charge on any atom is -0.477 e. The Labute approximate surface area is 197 Å². The van der Waals surface area contributed by atoms with Gasteiger partial charge in [-0.1, -0.05) is 107 Å². The summed E-state index contributed by atoms with van der Waals surface area (Å²) < 4.78 is 4.39. The Hall–Kier alpha value is -0.800. The minimum absolute atomic E-state index is 0.104. The van der Waals surface area contributed by atoms with Gasteiger partial charge < -0.3 is 15.2 Å². The number of ether oxygens (including phenoxy) is 1. The number of hydrogen-bond donors (Lipinski definition) is 2. The maximum absolute atomic E-state index is 12.5. The quantitative estimate of drug-likeness (QED) is 0.220. The summed E-state index contributed by atoms with van der Waals surface area (Å²) in [6, 6.07) is 13.5. The van der Waals surface area contributed by atoms with Crippen molar-refractivity contribution >= 4 is 88.6 Å². The van der Waals surface area contributed by atoms with Crippen LogP contribution < -0.4 is 5.32 Å². The molecule has 0 saturated carbocycles. The summed E-state index contributed by atoms with van der Waals surface area (Å²) in [6.07, 6.45) is -0.356. The highest BCUT2D eigenvalue weighted by Gasteiger charge is 2.48. The molecule has 0 aliphatic heterocycles. The van der Waals surface area contributed by atoms with Gasteiger partial charge in [-0.2, -0.15) is 0 Å². The number of halogens is 5. The molecule has 150 valence electrons. The third-order valence-corrected chi connectivity index (χ3v) is 5.03. The molecule has 0 heterocycles. The molecule has 0 saturated heterocycles. The summed E-state index contributed by atoms with van der Waals surface area (Å²) in [4.78, 5) is 24.8. The number of anilines is 1. The van der Waals surface area contributed by atoms with Gasteiger partial charge in [0.1, 0.15) is 2.14 Å². The lowest BCUT2D eigenvalue weighted by molar-refractivity contribution is -0.175. The van der Waals surface area contributed by atoms with Crippen molar-refractivity contribution in [1.29, 1.82) is 0 Å². The van der Waals surface area contributed by atoms with Crippen molar-refractivity contribution in [2.24, 2.45) is 0 Å². The number of hydrogen-bond acceptors (Lipinski definition) is 4. The van der Waals surface area contributed by atoms with Crippen LogP contribution in [0.15, 0.2) is 48.5 Å². The van der Waals surface area contributed by atoms with Crippen molar-refractivity contribution in [3.05, 3.63) is 64.1 Å². The Bertz CT molecular complexity index is 841. The molecule has 1 atom stereocenters. The van der Waals surface area contributed by atoms with Gasteiger partial charge in [0, 0.05) is 0 Å². The van der Waals surface area contributed by atoms with Gasteiger partial charge in [0.2, 0.25) is 0 Å². The third kappa shape index (κ3) is 6.62. The maximum Gasteiger partial charge on any atom is 0.370 e. The lowest BCUT2D eigenvalue weighted by Crippen LogP contribution is -2.52. The molecule has 10 heteroatoms. The molecule has 0 bridgehead atoms. The summed E-state index contributed by atoms with van der Waals surface area (Å²) in [6.45, 7) is 0. The molecule has 0 radical (unpaired) electrons. The van der Waals surface area contributed by atoms with Crippen LogP contribution in [-0.4, -0.2) is 24.9 Å². The molecule has 2 rings (SSSR count). The van der Waals surface area contributed by atoms with Crippen molar-refractivity contribution in [3.8, 4) is 0 Å². The summed E-state index contributed by atoms with van der Waals surface area (Å²) in [5.41, 5.74) is -1.35. The van der Waals surface area contributed by atoms with E-state index < -0.39 is 19.8 Å². The first-order chi connectivity index (χ1) is 13.0. The van der Waals surface area contributed by atoms with Gasteiger partial charge in [-0.15, -0.1) is 0 Å². The van der Waals surface area contributed by atoms with Gasteiger partial charge in [0.05, 0.1) is 28.6 Å². The number of carbonyl (C=O) groups excluding carboxylic acids is 1. The molecule has 2 aromatic rings. The van der Waals surface area contributed by atoms with Gasteiger partial charge in [0.25, 0.3) is 5.72 Å². The highest BCUT2D eigenvalue weighted by atomic mass is 80.0. The fourth-order valence-electron chi connectivity index (χ4n) is 2.37. The number of benzene rings is 2. The Balaban J connectivity index is 2.39. The van der Waals surface area contributed by atoms with E-state index in [4.69, 9.17) is 27.9 Å². The summed E-state index contributed by atoms with van der Waals surface area (Å²) >= 11 is 22.1. The minimum atomic E-state index is -2.17. The van der Waals surface area contributed by atoms with Gasteiger partial charge in [0.15, 0.2) is 0 Å². The number of rotatable bonds is 7. The molecule has 0 spiro atoms. The zero-order valence-corrected chi connectivity index (χ0v) is 20.4. The highest BCUT2D eigenvalue weighted by molar-refractivity contribution is 9.39. The molecule has 1 unspecified atom stereocenters. The number of carboxylic acids is 1. The fourth-order valence-corrected chi connectivity index (χ4v) is 4.05. The normalized spacial score (nSPS) is 13.5. The van der Waals surface area contributed by atoms with E-state index in [0.717, 1.165) is 0 Å². The zero-order chi connectivity index (χ0) is 20.9. The topological polar surface area (TPSA) is 75.6 Å². The molecule has 2 N–H and O–H groups in total. The van der Waals surface area contributed by atoms with Crippen molar-refractivity contribution in [1.82, 2.24) is 0 Å². The molecule has 28 heavy (non-hydrogen) atoms. The second-order valence-corrected chi connectivity index (χ2v) is 13.9. The highest BCUT2D eigenvalue weighted by Crippen LogP contribution is 2.44. The van der Waals surface area contributed by atoms with Crippen LogP contribution in [0.2, 0.25) is 10.0 Å². The van der Waals surface area contributed by atoms with E-state index in [1.807, 2.05) is 6.07 Å². The first-order valence-corrected chi connectivity index (χ1v) is 10.9. The van der Waals surface area contributed by atoms with Crippen LogP contribution >= 0.6 is 71.0 Å². The third-order valence-electron chi connectivity index (χ3n) is 3.56. The monoisotopic (exact) mass is 615 g/mol. The predicted molar refractivity (Wildman–Crippen MR) is 121 cm³/mol. The average Bonchev–Trinajstić information content (AvgIpc) is 2.57. The van der Waals surface area contributed by atoms with Crippen LogP contribution in [0, 0.1) is 0 Å². The number of alkyl halides is 3. The van der Waals surface area contributed by atoms with Gasteiger partial charge in [-0.25, -0.2) is 4.79 Å². The van der Waals surface area contributed by atoms with E-state index in [1.54, 1.807) is 30.3 Å². The van der Waals surface area contributed by atoms with E-state index in [1.165, 1.54) is 12.1 Å². The summed E-state index contributed by atoms with van der Waals surface area (Å²) in [5.74, 6) is -2.16. The molecule has 0 aliphatic carbocycles. The summed E-state index contributed by atoms with van der Waals surface area (Å²) in [7, 11) is 0. The molecular weight excluding hydrogens is 605 g/mol. The first-order valence-electron chi connectivity index (χ1n) is 7.80. The van der Waals surface area contributed by atoms with Gasteiger partial charge in [-0.3, -0.25) is 4.79 Å². The molecule has 0 fully saturated rings. The van der Waals surface area contributed by atoms with Crippen molar-refractivity contribution in [2.45, 2.75) is 20.7 Å². The molecule has 0 aliphatic rings. The molecule has 0 aromatic heterocycles. The number of carboxylic acid groups (broad SMARTS) is 1. The van der Waals surface area contributed by atoms with Crippen LogP contribution in [0.1, 0.15) is 12.0 Å². The van der Waals surface area contributed by atoms with Crippen LogP contribution in [0.25, 0.3) is 0 Å². The average molecular weight is 619 g/mol. The van der Waals surface area contributed by atoms with Crippen molar-refractivity contribution in [2.75, 3.05) is 5.32 Å². The predicted octanol–water partition coefficient (Wildman–Crippen LogP) is 6.20. The SMILES string of the molecule is O=C(Cc1ccccc1)OC(CC(Br)(Br)Br)(Nc1c(Cl)cccc1Cl)C(=O)O. The molecular formula is C18H14Br3Cl2NO4. The second-order valence-electron chi connectivity index (χ2n) is 5.78. The molecule has 5 nitrogen and oxygen atoms in total. The largest absolute Gasteiger partial charge is 0.477 e. The van der Waals surface area contributed by atoms with Crippen LogP contribution in [0.3, 0.4) is 0 Å². The smallest absolute Gasteiger partial charge is 0.370 e. The van der Waals surface area contributed by atoms with E-state index in [0.29, 0.717) is 5.56 Å². The Morgan fingerprint density at radius 3 is 2.07 bits per heavy atom. The number of aliphatic carboxylic acids is 1. The zero-order valence-electron chi connectivity index (χ0n) is 14.1. The van der Waals surface area contributed by atoms with E-state index in [2.05, 4.69) is 53.1 Å². The standard InChI is InChI=1S/C18H14Br3Cl2NO4/c19-18(20,21)10-17(16(26)27,24-15-12(22)7-4-8-13(15)23)28-14(25)9-11-5-2-1-3-6-11/h1-8,24H,9-10H2,(H,26,27). The van der Waals surface area contributed by atoms with Gasteiger partial charge >= 0.3 is 11.9 Å². The van der Waals surface area contributed by atoms with E-state index >= 15 is 0 Å². The van der Waals surface area contributed by atoms with E-state index in [-0.39, 0.29) is 28.6 Å².